The third-order valence-corrected chi connectivity index (χ3v) is 6.17. The van der Waals surface area contributed by atoms with Gasteiger partial charge in [-0.25, -0.2) is 9.59 Å². The van der Waals surface area contributed by atoms with Gasteiger partial charge < -0.3 is 23.7 Å². The van der Waals surface area contributed by atoms with Crippen LogP contribution in [0.2, 0.25) is 5.02 Å². The lowest BCUT2D eigenvalue weighted by molar-refractivity contribution is -0.155. The standard InChI is InChI=1S/C30H38ClNO8/c1-29(2,3)39-27(34)32-18-24(37-28(35)40-30(4,5)6)26(23(32)16-19-10-14-22(36-7)15-11-19)38-25(33)17-20-8-12-21(31)13-9-20/h8-15,23-24,26H,16-18H2,1-7H3/t23-,24+,26+/m1/s1. The van der Waals surface area contributed by atoms with Gasteiger partial charge in [0.25, 0.3) is 0 Å². The van der Waals surface area contributed by atoms with Crippen LogP contribution >= 0.6 is 11.6 Å². The van der Waals surface area contributed by atoms with Crippen molar-refractivity contribution in [3.8, 4) is 5.75 Å². The maximum absolute atomic E-state index is 13.3. The molecule has 218 valence electrons. The Morgan fingerprint density at radius 3 is 1.98 bits per heavy atom. The Hall–Kier alpha value is -3.46. The topological polar surface area (TPSA) is 101 Å². The Morgan fingerprint density at radius 1 is 0.850 bits per heavy atom. The van der Waals surface area contributed by atoms with Crippen molar-refractivity contribution >= 4 is 29.8 Å². The van der Waals surface area contributed by atoms with Crippen molar-refractivity contribution in [2.24, 2.45) is 0 Å². The second-order valence-electron chi connectivity index (χ2n) is 11.6. The average Bonchev–Trinajstić information content (AvgIpc) is 3.15. The third-order valence-electron chi connectivity index (χ3n) is 5.92. The first-order valence-electron chi connectivity index (χ1n) is 13.1. The first kappa shape index (κ1) is 31.1. The van der Waals surface area contributed by atoms with Crippen LogP contribution < -0.4 is 4.74 Å². The number of hydrogen-bond acceptors (Lipinski definition) is 8. The van der Waals surface area contributed by atoms with Gasteiger partial charge in [0.2, 0.25) is 0 Å². The summed E-state index contributed by atoms with van der Waals surface area (Å²) in [4.78, 5) is 40.6. The van der Waals surface area contributed by atoms with Crippen molar-refractivity contribution in [3.05, 3.63) is 64.7 Å². The van der Waals surface area contributed by atoms with Crippen molar-refractivity contribution in [1.29, 1.82) is 0 Å². The summed E-state index contributed by atoms with van der Waals surface area (Å²) in [7, 11) is 1.57. The van der Waals surface area contributed by atoms with Crippen LogP contribution in [0.3, 0.4) is 0 Å². The number of hydrogen-bond donors (Lipinski definition) is 0. The van der Waals surface area contributed by atoms with Gasteiger partial charge >= 0.3 is 18.2 Å². The Labute approximate surface area is 240 Å². The van der Waals surface area contributed by atoms with E-state index in [2.05, 4.69) is 0 Å². The largest absolute Gasteiger partial charge is 0.509 e. The SMILES string of the molecule is COc1ccc(C[C@@H]2[C@H](OC(=O)Cc3ccc(Cl)cc3)[C@@H](OC(=O)OC(C)(C)C)CN2C(=O)OC(C)(C)C)cc1. The molecule has 0 saturated carbocycles. The molecule has 1 saturated heterocycles. The number of amides is 1. The van der Waals surface area contributed by atoms with Gasteiger partial charge in [0.1, 0.15) is 17.0 Å². The first-order chi connectivity index (χ1) is 18.6. The smallest absolute Gasteiger partial charge is 0.497 e. The fraction of sp³-hybridized carbons (Fsp3) is 0.500. The number of benzene rings is 2. The van der Waals surface area contributed by atoms with Gasteiger partial charge in [-0.1, -0.05) is 35.9 Å². The van der Waals surface area contributed by atoms with Crippen LogP contribution in [0.25, 0.3) is 0 Å². The zero-order valence-electron chi connectivity index (χ0n) is 24.1. The van der Waals surface area contributed by atoms with Gasteiger partial charge in [-0.05, 0) is 83.4 Å². The number of nitrogens with zero attached hydrogens (tertiary/aromatic N) is 1. The molecule has 0 radical (unpaired) electrons. The third kappa shape index (κ3) is 9.33. The van der Waals surface area contributed by atoms with Crippen LogP contribution in [0, 0.1) is 0 Å². The minimum Gasteiger partial charge on any atom is -0.497 e. The number of likely N-dealkylation sites (tertiary alicyclic amines) is 1. The summed E-state index contributed by atoms with van der Waals surface area (Å²) < 4.78 is 27.9. The van der Waals surface area contributed by atoms with Crippen molar-refractivity contribution in [1.82, 2.24) is 4.90 Å². The predicted molar refractivity (Wildman–Crippen MR) is 150 cm³/mol. The zero-order valence-corrected chi connectivity index (χ0v) is 24.8. The van der Waals surface area contributed by atoms with E-state index in [1.807, 2.05) is 12.1 Å². The zero-order chi connectivity index (χ0) is 29.7. The van der Waals surface area contributed by atoms with E-state index >= 15 is 0 Å². The molecule has 0 N–H and O–H groups in total. The molecule has 1 aliphatic rings. The molecular weight excluding hydrogens is 538 g/mol. The molecule has 3 rings (SSSR count). The van der Waals surface area contributed by atoms with Gasteiger partial charge in [-0.3, -0.25) is 9.69 Å². The van der Waals surface area contributed by atoms with E-state index in [1.54, 1.807) is 85.1 Å². The summed E-state index contributed by atoms with van der Waals surface area (Å²) >= 11 is 5.97. The fourth-order valence-corrected chi connectivity index (χ4v) is 4.36. The summed E-state index contributed by atoms with van der Waals surface area (Å²) in [6.45, 7) is 10.4. The van der Waals surface area contributed by atoms with Crippen LogP contribution in [0.4, 0.5) is 9.59 Å². The van der Waals surface area contributed by atoms with Crippen molar-refractivity contribution in [2.75, 3.05) is 13.7 Å². The van der Waals surface area contributed by atoms with E-state index in [9.17, 15) is 14.4 Å². The van der Waals surface area contributed by atoms with E-state index in [4.69, 9.17) is 35.3 Å². The maximum Gasteiger partial charge on any atom is 0.509 e. The number of carbonyl (C=O) groups excluding carboxylic acids is 3. The molecular formula is C30H38ClNO8. The highest BCUT2D eigenvalue weighted by Crippen LogP contribution is 2.30. The van der Waals surface area contributed by atoms with Gasteiger partial charge in [0, 0.05) is 5.02 Å². The second kappa shape index (κ2) is 12.8. The maximum atomic E-state index is 13.3. The van der Waals surface area contributed by atoms with Gasteiger partial charge in [-0.15, -0.1) is 0 Å². The number of rotatable bonds is 7. The molecule has 40 heavy (non-hydrogen) atoms. The van der Waals surface area contributed by atoms with Gasteiger partial charge in [0.05, 0.1) is 26.1 Å². The Balaban J connectivity index is 1.93. The average molecular weight is 576 g/mol. The van der Waals surface area contributed by atoms with Crippen LogP contribution in [0.1, 0.15) is 52.7 Å². The van der Waals surface area contributed by atoms with Crippen molar-refractivity contribution in [3.63, 3.8) is 0 Å². The minimum atomic E-state index is -0.986. The molecule has 9 nitrogen and oxygen atoms in total. The van der Waals surface area contributed by atoms with Crippen LogP contribution in [-0.4, -0.2) is 66.2 Å². The normalized spacial score (nSPS) is 19.1. The molecule has 1 fully saturated rings. The second-order valence-corrected chi connectivity index (χ2v) is 12.1. The number of halogens is 1. The Bertz CT molecular complexity index is 1170. The van der Waals surface area contributed by atoms with Crippen LogP contribution in [0.15, 0.2) is 48.5 Å². The highest BCUT2D eigenvalue weighted by molar-refractivity contribution is 6.30. The Morgan fingerprint density at radius 2 is 1.43 bits per heavy atom. The predicted octanol–water partition coefficient (Wildman–Crippen LogP) is 5.99. The molecule has 1 amide bonds. The number of carbonyl (C=O) groups is 3. The van der Waals surface area contributed by atoms with E-state index in [0.29, 0.717) is 22.8 Å². The molecule has 2 aromatic rings. The summed E-state index contributed by atoms with van der Waals surface area (Å²) in [5.41, 5.74) is -0.0140. The van der Waals surface area contributed by atoms with Crippen molar-refractivity contribution < 1.29 is 38.1 Å². The fourth-order valence-electron chi connectivity index (χ4n) is 4.24. The first-order valence-corrected chi connectivity index (χ1v) is 13.5. The molecule has 2 aromatic carbocycles. The lowest BCUT2D eigenvalue weighted by atomic mass is 10.0. The summed E-state index contributed by atoms with van der Waals surface area (Å²) in [5, 5.41) is 0.547. The molecule has 10 heteroatoms. The molecule has 0 aromatic heterocycles. The van der Waals surface area contributed by atoms with E-state index in [0.717, 1.165) is 5.56 Å². The summed E-state index contributed by atoms with van der Waals surface area (Å²) in [5.74, 6) is 0.132. The monoisotopic (exact) mass is 575 g/mol. The van der Waals surface area contributed by atoms with E-state index in [1.165, 1.54) is 4.90 Å². The van der Waals surface area contributed by atoms with Gasteiger partial charge in [-0.2, -0.15) is 0 Å². The highest BCUT2D eigenvalue weighted by atomic mass is 35.5. The molecule has 0 spiro atoms. The number of methoxy groups -OCH3 is 1. The number of ether oxygens (including phenoxy) is 5. The molecule has 0 bridgehead atoms. The highest BCUT2D eigenvalue weighted by Gasteiger charge is 2.50. The lowest BCUT2D eigenvalue weighted by Gasteiger charge is -2.30. The van der Waals surface area contributed by atoms with E-state index in [-0.39, 0.29) is 13.0 Å². The summed E-state index contributed by atoms with van der Waals surface area (Å²) in [6, 6.07) is 13.5. The number of esters is 1. The molecule has 1 aliphatic heterocycles. The molecule has 0 aliphatic carbocycles. The summed E-state index contributed by atoms with van der Waals surface area (Å²) in [6.07, 6.45) is -3.24. The Kier molecular flexibility index (Phi) is 9.95. The molecule has 1 heterocycles. The lowest BCUT2D eigenvalue weighted by Crippen LogP contribution is -2.45. The van der Waals surface area contributed by atoms with E-state index < -0.39 is 47.7 Å². The molecule has 3 atom stereocenters. The van der Waals surface area contributed by atoms with Gasteiger partial charge in [0.15, 0.2) is 12.2 Å². The van der Waals surface area contributed by atoms with Crippen LogP contribution in [-0.2, 0) is 36.6 Å². The van der Waals surface area contributed by atoms with Crippen molar-refractivity contribution in [2.45, 2.75) is 83.8 Å². The van der Waals surface area contributed by atoms with Crippen LogP contribution in [0.5, 0.6) is 5.75 Å². The molecule has 0 unspecified atom stereocenters. The quantitative estimate of drug-likeness (QED) is 0.293. The minimum absolute atomic E-state index is 0.0332.